The Kier molecular flexibility index (Phi) is 8.59. The van der Waals surface area contributed by atoms with Gasteiger partial charge in [0.2, 0.25) is 5.91 Å². The molecule has 0 aliphatic rings. The third kappa shape index (κ3) is 6.73. The van der Waals surface area contributed by atoms with Gasteiger partial charge in [0.15, 0.2) is 0 Å². The first-order valence-corrected chi connectivity index (χ1v) is 8.36. The van der Waals surface area contributed by atoms with E-state index in [1.165, 1.54) is 0 Å². The zero-order chi connectivity index (χ0) is 19.7. The van der Waals surface area contributed by atoms with E-state index in [1.807, 2.05) is 0 Å². The molecule has 1 aromatic carbocycles. The maximum absolute atomic E-state index is 12.7. The van der Waals surface area contributed by atoms with Crippen molar-refractivity contribution < 1.29 is 29.4 Å². The minimum absolute atomic E-state index is 0.0570. The van der Waals surface area contributed by atoms with Crippen LogP contribution in [0.4, 0.5) is 5.69 Å². The number of para-hydroxylation sites is 1. The average Bonchev–Trinajstić information content (AvgIpc) is 2.62. The van der Waals surface area contributed by atoms with Crippen molar-refractivity contribution in [3.8, 4) is 0 Å². The van der Waals surface area contributed by atoms with E-state index in [-0.39, 0.29) is 18.6 Å². The summed E-state index contributed by atoms with van der Waals surface area (Å²) in [7, 11) is 0. The maximum Gasteiger partial charge on any atom is 0.323 e. The van der Waals surface area contributed by atoms with Crippen LogP contribution in [0.3, 0.4) is 0 Å². The smallest absolute Gasteiger partial charge is 0.323 e. The van der Waals surface area contributed by atoms with E-state index in [0.717, 1.165) is 4.90 Å². The van der Waals surface area contributed by atoms with Crippen molar-refractivity contribution in [1.82, 2.24) is 5.32 Å². The summed E-state index contributed by atoms with van der Waals surface area (Å²) in [6.07, 6.45) is -0.276. The molecule has 0 saturated heterocycles. The van der Waals surface area contributed by atoms with E-state index in [1.54, 1.807) is 30.3 Å². The fraction of sp³-hybridized carbons (Fsp3) is 0.375. The molecule has 1 unspecified atom stereocenters. The molecule has 1 rings (SSSR count). The van der Waals surface area contributed by atoms with Gasteiger partial charge in [0, 0.05) is 17.9 Å². The molecule has 0 saturated carbocycles. The Labute approximate surface area is 155 Å². The number of nitrogens with zero attached hydrogens (tertiary/aromatic N) is 1. The molecule has 0 fully saturated rings. The van der Waals surface area contributed by atoms with Crippen molar-refractivity contribution in [2.24, 2.45) is 5.73 Å². The molecular formula is C16H21N3O6S. The Balaban J connectivity index is 2.82. The van der Waals surface area contributed by atoms with Crippen LogP contribution < -0.4 is 16.0 Å². The minimum Gasteiger partial charge on any atom is -0.480 e. The second kappa shape index (κ2) is 10.4. The molecule has 0 aromatic heterocycles. The highest BCUT2D eigenvalue weighted by atomic mass is 32.1. The van der Waals surface area contributed by atoms with E-state index < -0.39 is 42.4 Å². The second-order valence-corrected chi connectivity index (χ2v) is 5.80. The molecule has 0 aliphatic carbocycles. The van der Waals surface area contributed by atoms with Gasteiger partial charge in [0.25, 0.3) is 5.91 Å². The standard InChI is InChI=1S/C16H21N3O6S/c17-11(16(24)25)6-7-13(20)18-12(9-26)15(23)19(8-14(21)22)10-4-2-1-3-5-10/h1-5,11-12,26H,6-9,17H2,(H,18,20)(H,21,22)(H,24,25)/t11?,12-/m0/s1. The number of carboxylic acids is 2. The fourth-order valence-electron chi connectivity index (χ4n) is 2.09. The summed E-state index contributed by atoms with van der Waals surface area (Å²) in [6.45, 7) is -0.577. The molecule has 26 heavy (non-hydrogen) atoms. The SMILES string of the molecule is NC(CCC(=O)N[C@@H](CS)C(=O)N(CC(=O)O)c1ccccc1)C(=O)O. The highest BCUT2D eigenvalue weighted by Crippen LogP contribution is 2.15. The molecular weight excluding hydrogens is 362 g/mol. The van der Waals surface area contributed by atoms with Gasteiger partial charge in [0.05, 0.1) is 0 Å². The molecule has 0 aliphatic heterocycles. The number of amides is 2. The van der Waals surface area contributed by atoms with Crippen molar-refractivity contribution >= 4 is 42.1 Å². The van der Waals surface area contributed by atoms with Gasteiger partial charge >= 0.3 is 11.9 Å². The van der Waals surface area contributed by atoms with Crippen LogP contribution in [0.5, 0.6) is 0 Å². The number of benzene rings is 1. The van der Waals surface area contributed by atoms with E-state index >= 15 is 0 Å². The number of carbonyl (C=O) groups is 4. The van der Waals surface area contributed by atoms with E-state index in [9.17, 15) is 19.2 Å². The number of nitrogens with two attached hydrogens (primary N) is 1. The van der Waals surface area contributed by atoms with Crippen LogP contribution in [0, 0.1) is 0 Å². The van der Waals surface area contributed by atoms with Gasteiger partial charge < -0.3 is 21.3 Å². The lowest BCUT2D eigenvalue weighted by atomic mass is 10.1. The molecule has 142 valence electrons. The second-order valence-electron chi connectivity index (χ2n) is 5.44. The molecule has 0 spiro atoms. The largest absolute Gasteiger partial charge is 0.480 e. The Hall–Kier alpha value is -2.59. The summed E-state index contributed by atoms with van der Waals surface area (Å²) < 4.78 is 0. The monoisotopic (exact) mass is 383 g/mol. The van der Waals surface area contributed by atoms with Crippen LogP contribution in [0.15, 0.2) is 30.3 Å². The number of carbonyl (C=O) groups excluding carboxylic acids is 2. The summed E-state index contributed by atoms with van der Waals surface area (Å²) in [5, 5.41) is 20.2. The van der Waals surface area contributed by atoms with Crippen molar-refractivity contribution in [3.05, 3.63) is 30.3 Å². The topological polar surface area (TPSA) is 150 Å². The zero-order valence-corrected chi connectivity index (χ0v) is 14.8. The van der Waals surface area contributed by atoms with Gasteiger partial charge in [-0.3, -0.25) is 24.1 Å². The summed E-state index contributed by atoms with van der Waals surface area (Å²) in [6, 6.07) is 5.92. The Morgan fingerprint density at radius 1 is 1.15 bits per heavy atom. The molecule has 10 heteroatoms. The number of carboxylic acid groups (broad SMARTS) is 2. The molecule has 9 nitrogen and oxygen atoms in total. The van der Waals surface area contributed by atoms with Crippen molar-refractivity contribution in [2.75, 3.05) is 17.2 Å². The van der Waals surface area contributed by atoms with Gasteiger partial charge in [-0.15, -0.1) is 0 Å². The van der Waals surface area contributed by atoms with Crippen LogP contribution in [0.2, 0.25) is 0 Å². The Morgan fingerprint density at radius 3 is 2.27 bits per heavy atom. The first-order chi connectivity index (χ1) is 12.3. The quantitative estimate of drug-likeness (QED) is 0.348. The van der Waals surface area contributed by atoms with Crippen LogP contribution in [-0.4, -0.2) is 58.3 Å². The average molecular weight is 383 g/mol. The molecule has 0 radical (unpaired) electrons. The van der Waals surface area contributed by atoms with Gasteiger partial charge in [-0.25, -0.2) is 0 Å². The Morgan fingerprint density at radius 2 is 1.77 bits per heavy atom. The van der Waals surface area contributed by atoms with Gasteiger partial charge in [-0.05, 0) is 18.6 Å². The lowest BCUT2D eigenvalue weighted by Gasteiger charge is -2.26. The molecule has 1 aromatic rings. The molecule has 0 bridgehead atoms. The van der Waals surface area contributed by atoms with E-state index in [0.29, 0.717) is 5.69 Å². The fourth-order valence-corrected chi connectivity index (χ4v) is 2.34. The lowest BCUT2D eigenvalue weighted by Crippen LogP contribution is -2.51. The maximum atomic E-state index is 12.7. The first kappa shape index (κ1) is 21.5. The lowest BCUT2D eigenvalue weighted by molar-refractivity contribution is -0.139. The summed E-state index contributed by atoms with van der Waals surface area (Å²) >= 11 is 4.04. The predicted molar refractivity (Wildman–Crippen MR) is 97.1 cm³/mol. The molecule has 0 heterocycles. The van der Waals surface area contributed by atoms with E-state index in [4.69, 9.17) is 15.9 Å². The molecule has 5 N–H and O–H groups in total. The van der Waals surface area contributed by atoms with Gasteiger partial charge in [0.1, 0.15) is 18.6 Å². The van der Waals surface area contributed by atoms with Crippen molar-refractivity contribution in [1.29, 1.82) is 0 Å². The normalized spacial score (nSPS) is 12.7. The van der Waals surface area contributed by atoms with Gasteiger partial charge in [-0.2, -0.15) is 12.6 Å². The van der Waals surface area contributed by atoms with Gasteiger partial charge in [-0.1, -0.05) is 18.2 Å². The molecule has 2 amide bonds. The number of nitrogens with one attached hydrogen (secondary N) is 1. The Bertz CT molecular complexity index is 655. The van der Waals surface area contributed by atoms with Crippen LogP contribution in [0.25, 0.3) is 0 Å². The van der Waals surface area contributed by atoms with Crippen molar-refractivity contribution in [2.45, 2.75) is 24.9 Å². The van der Waals surface area contributed by atoms with Crippen LogP contribution in [-0.2, 0) is 19.2 Å². The number of rotatable bonds is 10. The molecule has 2 atom stereocenters. The highest BCUT2D eigenvalue weighted by Gasteiger charge is 2.27. The highest BCUT2D eigenvalue weighted by molar-refractivity contribution is 7.80. The number of anilines is 1. The third-order valence-electron chi connectivity index (χ3n) is 3.44. The minimum atomic E-state index is -1.23. The van der Waals surface area contributed by atoms with Crippen molar-refractivity contribution in [3.63, 3.8) is 0 Å². The van der Waals surface area contributed by atoms with Crippen LogP contribution >= 0.6 is 12.6 Å². The number of thiol groups is 1. The number of hydrogen-bond acceptors (Lipinski definition) is 6. The third-order valence-corrected chi connectivity index (χ3v) is 3.81. The first-order valence-electron chi connectivity index (χ1n) is 7.73. The number of hydrogen-bond donors (Lipinski definition) is 5. The summed E-state index contributed by atoms with van der Waals surface area (Å²) in [5.74, 6) is -3.70. The van der Waals surface area contributed by atoms with Crippen LogP contribution in [0.1, 0.15) is 12.8 Å². The zero-order valence-electron chi connectivity index (χ0n) is 13.9. The van der Waals surface area contributed by atoms with E-state index in [2.05, 4.69) is 17.9 Å². The summed E-state index contributed by atoms with van der Waals surface area (Å²) in [4.78, 5) is 47.4. The summed E-state index contributed by atoms with van der Waals surface area (Å²) in [5.41, 5.74) is 5.70. The predicted octanol–water partition coefficient (Wildman–Crippen LogP) is -0.289. The number of aliphatic carboxylic acids is 2.